The maximum atomic E-state index is 11.7. The molecule has 3 N–H and O–H groups in total. The van der Waals surface area contributed by atoms with E-state index in [0.29, 0.717) is 18.9 Å². The molecule has 1 rings (SSSR count). The Kier molecular flexibility index (Phi) is 5.12. The Labute approximate surface area is 107 Å². The standard InChI is InChI=1S/C13H20N2O3/c1-13(12(14)16,15-7-8-17-2)10-5-4-6-11(9-10)18-3/h4-6,9,15H,7-8H2,1-3H3,(H2,14,16). The lowest BCUT2D eigenvalue weighted by atomic mass is 9.91. The SMILES string of the molecule is COCCNC(C)(C(N)=O)c1cccc(OC)c1. The summed E-state index contributed by atoms with van der Waals surface area (Å²) in [5.74, 6) is 0.250. The summed E-state index contributed by atoms with van der Waals surface area (Å²) in [7, 11) is 3.19. The zero-order valence-electron chi connectivity index (χ0n) is 11.0. The van der Waals surface area contributed by atoms with Crippen LogP contribution in [0.25, 0.3) is 0 Å². The van der Waals surface area contributed by atoms with Crippen LogP contribution in [0.4, 0.5) is 0 Å². The van der Waals surface area contributed by atoms with Crippen LogP contribution in [0, 0.1) is 0 Å². The third kappa shape index (κ3) is 3.21. The van der Waals surface area contributed by atoms with Gasteiger partial charge in [-0.25, -0.2) is 0 Å². The number of hydrogen-bond acceptors (Lipinski definition) is 4. The Bertz CT molecular complexity index is 409. The summed E-state index contributed by atoms with van der Waals surface area (Å²) in [6.07, 6.45) is 0. The zero-order chi connectivity index (χ0) is 13.6. The van der Waals surface area contributed by atoms with Crippen LogP contribution in [0.2, 0.25) is 0 Å². The van der Waals surface area contributed by atoms with Crippen molar-refractivity contribution in [1.82, 2.24) is 5.32 Å². The Morgan fingerprint density at radius 2 is 2.17 bits per heavy atom. The molecule has 0 saturated heterocycles. The summed E-state index contributed by atoms with van der Waals surface area (Å²) in [5.41, 5.74) is 5.33. The Balaban J connectivity index is 2.98. The lowest BCUT2D eigenvalue weighted by Gasteiger charge is -2.28. The summed E-state index contributed by atoms with van der Waals surface area (Å²) < 4.78 is 10.1. The summed E-state index contributed by atoms with van der Waals surface area (Å²) in [5, 5.41) is 3.11. The van der Waals surface area contributed by atoms with Crippen LogP contribution in [0.3, 0.4) is 0 Å². The molecule has 100 valence electrons. The number of carbonyl (C=O) groups is 1. The largest absolute Gasteiger partial charge is 0.497 e. The molecule has 1 atom stereocenters. The number of amides is 1. The van der Waals surface area contributed by atoms with E-state index in [0.717, 1.165) is 5.56 Å². The number of hydrogen-bond donors (Lipinski definition) is 2. The first kappa shape index (κ1) is 14.5. The molecule has 0 saturated carbocycles. The normalized spacial score (nSPS) is 13.9. The van der Waals surface area contributed by atoms with E-state index in [1.54, 1.807) is 27.2 Å². The fourth-order valence-corrected chi connectivity index (χ4v) is 1.67. The molecule has 5 nitrogen and oxygen atoms in total. The maximum Gasteiger partial charge on any atom is 0.242 e. The molecule has 1 aromatic carbocycles. The molecule has 0 aliphatic carbocycles. The number of ether oxygens (including phenoxy) is 2. The second-order valence-corrected chi connectivity index (χ2v) is 4.14. The zero-order valence-corrected chi connectivity index (χ0v) is 11.0. The molecule has 1 unspecified atom stereocenters. The number of nitrogens with one attached hydrogen (secondary N) is 1. The highest BCUT2D eigenvalue weighted by Crippen LogP contribution is 2.24. The molecule has 0 aliphatic rings. The van der Waals surface area contributed by atoms with Crippen molar-refractivity contribution in [1.29, 1.82) is 0 Å². The van der Waals surface area contributed by atoms with E-state index in [4.69, 9.17) is 15.2 Å². The Hall–Kier alpha value is -1.59. The molecular formula is C13H20N2O3. The van der Waals surface area contributed by atoms with E-state index >= 15 is 0 Å². The van der Waals surface area contributed by atoms with Crippen LogP contribution in [0.1, 0.15) is 12.5 Å². The van der Waals surface area contributed by atoms with Crippen molar-refractivity contribution in [2.45, 2.75) is 12.5 Å². The van der Waals surface area contributed by atoms with Crippen molar-refractivity contribution in [3.63, 3.8) is 0 Å². The maximum absolute atomic E-state index is 11.7. The monoisotopic (exact) mass is 252 g/mol. The molecule has 0 aromatic heterocycles. The van der Waals surface area contributed by atoms with E-state index in [2.05, 4.69) is 5.32 Å². The number of rotatable bonds is 7. The molecule has 1 aromatic rings. The highest BCUT2D eigenvalue weighted by atomic mass is 16.5. The smallest absolute Gasteiger partial charge is 0.242 e. The van der Waals surface area contributed by atoms with Gasteiger partial charge in [0.05, 0.1) is 13.7 Å². The molecule has 1 amide bonds. The Morgan fingerprint density at radius 1 is 1.44 bits per heavy atom. The van der Waals surface area contributed by atoms with Crippen molar-refractivity contribution in [2.24, 2.45) is 5.73 Å². The van der Waals surface area contributed by atoms with Gasteiger partial charge in [0.15, 0.2) is 0 Å². The number of nitrogens with two attached hydrogens (primary N) is 1. The minimum atomic E-state index is -0.937. The topological polar surface area (TPSA) is 73.6 Å². The number of carbonyl (C=O) groups excluding carboxylic acids is 1. The van der Waals surface area contributed by atoms with Gasteiger partial charge in [-0.2, -0.15) is 0 Å². The first-order valence-corrected chi connectivity index (χ1v) is 5.73. The van der Waals surface area contributed by atoms with Gasteiger partial charge >= 0.3 is 0 Å². The van der Waals surface area contributed by atoms with Crippen molar-refractivity contribution in [3.8, 4) is 5.75 Å². The fraction of sp³-hybridized carbons (Fsp3) is 0.462. The van der Waals surface area contributed by atoms with Gasteiger partial charge in [-0.3, -0.25) is 10.1 Å². The fourth-order valence-electron chi connectivity index (χ4n) is 1.67. The molecule has 18 heavy (non-hydrogen) atoms. The van der Waals surface area contributed by atoms with Gasteiger partial charge in [0.1, 0.15) is 11.3 Å². The van der Waals surface area contributed by atoms with Crippen LogP contribution < -0.4 is 15.8 Å². The van der Waals surface area contributed by atoms with Gasteiger partial charge < -0.3 is 15.2 Å². The quantitative estimate of drug-likeness (QED) is 0.698. The van der Waals surface area contributed by atoms with Gasteiger partial charge in [0.25, 0.3) is 0 Å². The van der Waals surface area contributed by atoms with Crippen LogP contribution >= 0.6 is 0 Å². The summed E-state index contributed by atoms with van der Waals surface area (Å²) in [6, 6.07) is 7.28. The molecule has 0 bridgehead atoms. The summed E-state index contributed by atoms with van der Waals surface area (Å²) >= 11 is 0. The van der Waals surface area contributed by atoms with Gasteiger partial charge in [-0.05, 0) is 24.6 Å². The van der Waals surface area contributed by atoms with Crippen LogP contribution in [0.5, 0.6) is 5.75 Å². The second kappa shape index (κ2) is 6.37. The molecule has 0 heterocycles. The van der Waals surface area contributed by atoms with E-state index < -0.39 is 11.4 Å². The van der Waals surface area contributed by atoms with E-state index in [1.165, 1.54) is 0 Å². The van der Waals surface area contributed by atoms with E-state index in [1.807, 2.05) is 18.2 Å². The van der Waals surface area contributed by atoms with Crippen LogP contribution in [-0.2, 0) is 15.1 Å². The lowest BCUT2D eigenvalue weighted by Crippen LogP contribution is -2.51. The molecular weight excluding hydrogens is 232 g/mol. The number of primary amides is 1. The highest BCUT2D eigenvalue weighted by molar-refractivity contribution is 5.85. The summed E-state index contributed by atoms with van der Waals surface area (Å²) in [6.45, 7) is 2.79. The van der Waals surface area contributed by atoms with Crippen molar-refractivity contribution < 1.29 is 14.3 Å². The molecule has 5 heteroatoms. The first-order valence-electron chi connectivity index (χ1n) is 5.73. The third-order valence-corrected chi connectivity index (χ3v) is 2.92. The lowest BCUT2D eigenvalue weighted by molar-refractivity contribution is -0.124. The second-order valence-electron chi connectivity index (χ2n) is 4.14. The van der Waals surface area contributed by atoms with Crippen LogP contribution in [0.15, 0.2) is 24.3 Å². The molecule has 0 radical (unpaired) electrons. The van der Waals surface area contributed by atoms with Gasteiger partial charge in [0.2, 0.25) is 5.91 Å². The average Bonchev–Trinajstić information content (AvgIpc) is 2.38. The summed E-state index contributed by atoms with van der Waals surface area (Å²) in [4.78, 5) is 11.7. The van der Waals surface area contributed by atoms with E-state index in [-0.39, 0.29) is 0 Å². The van der Waals surface area contributed by atoms with Gasteiger partial charge in [-0.1, -0.05) is 12.1 Å². The molecule has 0 aliphatic heterocycles. The minimum Gasteiger partial charge on any atom is -0.497 e. The van der Waals surface area contributed by atoms with Gasteiger partial charge in [-0.15, -0.1) is 0 Å². The van der Waals surface area contributed by atoms with Gasteiger partial charge in [0, 0.05) is 13.7 Å². The van der Waals surface area contributed by atoms with E-state index in [9.17, 15) is 4.79 Å². The molecule has 0 spiro atoms. The van der Waals surface area contributed by atoms with Crippen LogP contribution in [-0.4, -0.2) is 33.3 Å². The molecule has 0 fully saturated rings. The number of methoxy groups -OCH3 is 2. The Morgan fingerprint density at radius 3 is 2.72 bits per heavy atom. The minimum absolute atomic E-state index is 0.438. The third-order valence-electron chi connectivity index (χ3n) is 2.92. The first-order chi connectivity index (χ1) is 8.54. The predicted molar refractivity (Wildman–Crippen MR) is 69.4 cm³/mol. The predicted octanol–water partition coefficient (Wildman–Crippen LogP) is 0.632. The average molecular weight is 252 g/mol. The van der Waals surface area contributed by atoms with Crippen molar-refractivity contribution >= 4 is 5.91 Å². The van der Waals surface area contributed by atoms with Crippen molar-refractivity contribution in [3.05, 3.63) is 29.8 Å². The highest BCUT2D eigenvalue weighted by Gasteiger charge is 2.32. The van der Waals surface area contributed by atoms with Crippen molar-refractivity contribution in [2.75, 3.05) is 27.4 Å². The number of benzene rings is 1.